The summed E-state index contributed by atoms with van der Waals surface area (Å²) in [5.74, 6) is 0.0595. The van der Waals surface area contributed by atoms with Crippen LogP contribution >= 0.6 is 11.3 Å². The van der Waals surface area contributed by atoms with E-state index < -0.39 is 0 Å². The van der Waals surface area contributed by atoms with Crippen LogP contribution in [0.4, 0.5) is 0 Å². The van der Waals surface area contributed by atoms with Gasteiger partial charge >= 0.3 is 0 Å². The number of thiazole rings is 1. The molecule has 3 rings (SSSR count). The van der Waals surface area contributed by atoms with Gasteiger partial charge < -0.3 is 10.6 Å². The molecule has 2 N–H and O–H groups in total. The second-order valence-corrected chi connectivity index (χ2v) is 7.02. The molecular formula is C15H24N4OS. The SMILES string of the molecule is CC(N)c1nc(C(=O)N2CCN(C3CCCC3)CC2)cs1. The average molecular weight is 308 g/mol. The molecule has 0 spiro atoms. The predicted octanol–water partition coefficient (Wildman–Crippen LogP) is 1.86. The average Bonchev–Trinajstić information content (AvgIpc) is 3.18. The van der Waals surface area contributed by atoms with Crippen LogP contribution in [0.1, 0.15) is 54.1 Å². The Morgan fingerprint density at radius 1 is 1.33 bits per heavy atom. The molecule has 1 aromatic rings. The first-order valence-corrected chi connectivity index (χ1v) is 8.77. The summed E-state index contributed by atoms with van der Waals surface area (Å²) in [6.45, 7) is 5.54. The molecule has 1 aromatic heterocycles. The summed E-state index contributed by atoms with van der Waals surface area (Å²) in [6.07, 6.45) is 5.39. The summed E-state index contributed by atoms with van der Waals surface area (Å²) in [6, 6.07) is 0.655. The maximum absolute atomic E-state index is 12.5. The van der Waals surface area contributed by atoms with E-state index in [1.165, 1.54) is 37.0 Å². The van der Waals surface area contributed by atoms with E-state index in [1.807, 2.05) is 17.2 Å². The van der Waals surface area contributed by atoms with Crippen LogP contribution < -0.4 is 5.73 Å². The predicted molar refractivity (Wildman–Crippen MR) is 84.4 cm³/mol. The van der Waals surface area contributed by atoms with E-state index in [0.717, 1.165) is 37.2 Å². The highest BCUT2D eigenvalue weighted by Gasteiger charge is 2.29. The van der Waals surface area contributed by atoms with Gasteiger partial charge in [0.1, 0.15) is 10.7 Å². The fourth-order valence-corrected chi connectivity index (χ4v) is 4.07. The van der Waals surface area contributed by atoms with Crippen molar-refractivity contribution in [3.63, 3.8) is 0 Å². The first-order valence-electron chi connectivity index (χ1n) is 7.89. The maximum atomic E-state index is 12.5. The highest BCUT2D eigenvalue weighted by molar-refractivity contribution is 7.09. The number of carbonyl (C=O) groups is 1. The Balaban J connectivity index is 1.56. The van der Waals surface area contributed by atoms with Crippen LogP contribution in [-0.2, 0) is 0 Å². The standard InChI is InChI=1S/C15H24N4OS/c1-11(16)14-17-13(10-21-14)15(20)19-8-6-18(7-9-19)12-4-2-3-5-12/h10-12H,2-9,16H2,1H3. The normalized spacial score (nSPS) is 22.7. The molecule has 2 heterocycles. The van der Waals surface area contributed by atoms with Gasteiger partial charge in [-0.05, 0) is 19.8 Å². The third-order valence-corrected chi connectivity index (χ3v) is 5.62. The van der Waals surface area contributed by atoms with E-state index in [9.17, 15) is 4.79 Å². The van der Waals surface area contributed by atoms with E-state index in [4.69, 9.17) is 5.73 Å². The molecule has 6 heteroatoms. The Kier molecular flexibility index (Phi) is 4.57. The van der Waals surface area contributed by atoms with Crippen molar-refractivity contribution in [2.24, 2.45) is 5.73 Å². The molecule has 1 aliphatic carbocycles. The zero-order valence-electron chi connectivity index (χ0n) is 12.6. The highest BCUT2D eigenvalue weighted by Crippen LogP contribution is 2.25. The molecule has 0 bridgehead atoms. The number of amides is 1. The zero-order chi connectivity index (χ0) is 14.8. The number of rotatable bonds is 3. The van der Waals surface area contributed by atoms with Crippen molar-refractivity contribution in [1.29, 1.82) is 0 Å². The lowest BCUT2D eigenvalue weighted by Gasteiger charge is -2.37. The van der Waals surface area contributed by atoms with Gasteiger partial charge in [-0.2, -0.15) is 0 Å². The van der Waals surface area contributed by atoms with Crippen molar-refractivity contribution in [1.82, 2.24) is 14.8 Å². The van der Waals surface area contributed by atoms with Crippen LogP contribution in [0.2, 0.25) is 0 Å². The highest BCUT2D eigenvalue weighted by atomic mass is 32.1. The molecule has 2 aliphatic rings. The van der Waals surface area contributed by atoms with E-state index in [-0.39, 0.29) is 11.9 Å². The number of carbonyl (C=O) groups excluding carboxylic acids is 1. The van der Waals surface area contributed by atoms with Crippen LogP contribution in [0, 0.1) is 0 Å². The lowest BCUT2D eigenvalue weighted by Crippen LogP contribution is -2.51. The Labute approximate surface area is 130 Å². The third kappa shape index (κ3) is 3.27. The van der Waals surface area contributed by atoms with Gasteiger partial charge in [-0.3, -0.25) is 9.69 Å². The molecule has 0 radical (unpaired) electrons. The van der Waals surface area contributed by atoms with Gasteiger partial charge in [0.25, 0.3) is 5.91 Å². The number of nitrogens with two attached hydrogens (primary N) is 1. The number of nitrogens with zero attached hydrogens (tertiary/aromatic N) is 3. The summed E-state index contributed by atoms with van der Waals surface area (Å²) in [4.78, 5) is 21.3. The van der Waals surface area contributed by atoms with Crippen LogP contribution in [0.3, 0.4) is 0 Å². The Morgan fingerprint density at radius 2 is 2.00 bits per heavy atom. The molecular weight excluding hydrogens is 284 g/mol. The maximum Gasteiger partial charge on any atom is 0.273 e. The molecule has 1 atom stereocenters. The first-order chi connectivity index (χ1) is 10.1. The zero-order valence-corrected chi connectivity index (χ0v) is 13.4. The fourth-order valence-electron chi connectivity index (χ4n) is 3.32. The molecule has 1 unspecified atom stereocenters. The van der Waals surface area contributed by atoms with Crippen molar-refractivity contribution in [3.8, 4) is 0 Å². The van der Waals surface area contributed by atoms with Crippen LogP contribution in [0.5, 0.6) is 0 Å². The molecule has 21 heavy (non-hydrogen) atoms. The lowest BCUT2D eigenvalue weighted by atomic mass is 10.2. The van der Waals surface area contributed by atoms with Gasteiger partial charge in [-0.15, -0.1) is 11.3 Å². The second-order valence-electron chi connectivity index (χ2n) is 6.13. The quantitative estimate of drug-likeness (QED) is 0.926. The minimum absolute atomic E-state index is 0.0595. The number of aromatic nitrogens is 1. The van der Waals surface area contributed by atoms with Crippen molar-refractivity contribution >= 4 is 17.2 Å². The smallest absolute Gasteiger partial charge is 0.273 e. The molecule has 1 amide bonds. The number of piperazine rings is 1. The topological polar surface area (TPSA) is 62.5 Å². The van der Waals surface area contributed by atoms with Gasteiger partial charge in [0.05, 0.1) is 6.04 Å². The van der Waals surface area contributed by atoms with Gasteiger partial charge in [0, 0.05) is 37.6 Å². The Hall–Kier alpha value is -0.980. The van der Waals surface area contributed by atoms with Crippen LogP contribution in [0.25, 0.3) is 0 Å². The lowest BCUT2D eigenvalue weighted by molar-refractivity contribution is 0.0568. The fraction of sp³-hybridized carbons (Fsp3) is 0.733. The molecule has 1 saturated heterocycles. The van der Waals surface area contributed by atoms with Crippen molar-refractivity contribution in [2.45, 2.75) is 44.7 Å². The van der Waals surface area contributed by atoms with Crippen molar-refractivity contribution in [3.05, 3.63) is 16.1 Å². The van der Waals surface area contributed by atoms with Gasteiger partial charge in [0.2, 0.25) is 0 Å². The summed E-state index contributed by atoms with van der Waals surface area (Å²) < 4.78 is 0. The van der Waals surface area contributed by atoms with E-state index in [1.54, 1.807) is 0 Å². The number of hydrogen-bond donors (Lipinski definition) is 1. The monoisotopic (exact) mass is 308 g/mol. The molecule has 5 nitrogen and oxygen atoms in total. The second kappa shape index (κ2) is 6.42. The first kappa shape index (κ1) is 14.9. The van der Waals surface area contributed by atoms with E-state index >= 15 is 0 Å². The van der Waals surface area contributed by atoms with Gasteiger partial charge in [-0.1, -0.05) is 12.8 Å². The van der Waals surface area contributed by atoms with Gasteiger partial charge in [0.15, 0.2) is 0 Å². The number of hydrogen-bond acceptors (Lipinski definition) is 5. The van der Waals surface area contributed by atoms with Gasteiger partial charge in [-0.25, -0.2) is 4.98 Å². The molecule has 0 aromatic carbocycles. The Bertz CT molecular complexity index is 488. The van der Waals surface area contributed by atoms with Crippen LogP contribution in [-0.4, -0.2) is 52.9 Å². The van der Waals surface area contributed by atoms with Crippen molar-refractivity contribution in [2.75, 3.05) is 26.2 Å². The Morgan fingerprint density at radius 3 is 2.57 bits per heavy atom. The van der Waals surface area contributed by atoms with Crippen LogP contribution in [0.15, 0.2) is 5.38 Å². The largest absolute Gasteiger partial charge is 0.335 e. The summed E-state index contributed by atoms with van der Waals surface area (Å²) in [7, 11) is 0. The minimum atomic E-state index is -0.101. The molecule has 1 aliphatic heterocycles. The van der Waals surface area contributed by atoms with E-state index in [2.05, 4.69) is 9.88 Å². The van der Waals surface area contributed by atoms with E-state index in [0.29, 0.717) is 5.69 Å². The third-order valence-electron chi connectivity index (χ3n) is 4.57. The molecule has 1 saturated carbocycles. The molecule has 2 fully saturated rings. The van der Waals surface area contributed by atoms with Crippen molar-refractivity contribution < 1.29 is 4.79 Å². The summed E-state index contributed by atoms with van der Waals surface area (Å²) in [5.41, 5.74) is 6.37. The summed E-state index contributed by atoms with van der Waals surface area (Å²) in [5, 5.41) is 2.67. The minimum Gasteiger partial charge on any atom is -0.335 e. The molecule has 116 valence electrons. The summed E-state index contributed by atoms with van der Waals surface area (Å²) >= 11 is 1.48.